The minimum Gasteiger partial charge on any atom is -0.492 e. The molecule has 2 heteroatoms. The molecule has 0 bridgehead atoms. The minimum atomic E-state index is 0.738. The van der Waals surface area contributed by atoms with Gasteiger partial charge in [0.05, 0.1) is 0 Å². The Hall–Kier alpha value is -1.02. The molecule has 0 fully saturated rings. The van der Waals surface area contributed by atoms with Gasteiger partial charge in [0, 0.05) is 6.54 Å². The summed E-state index contributed by atoms with van der Waals surface area (Å²) in [6.45, 7) is 5.52. The van der Waals surface area contributed by atoms with Crippen LogP contribution in [0.1, 0.15) is 12.0 Å². The molecule has 0 N–H and O–H groups in total. The van der Waals surface area contributed by atoms with Crippen LogP contribution in [0.3, 0.4) is 0 Å². The summed E-state index contributed by atoms with van der Waals surface area (Å²) in [5, 5.41) is 0. The summed E-state index contributed by atoms with van der Waals surface area (Å²) >= 11 is 0. The number of ether oxygens (including phenoxy) is 1. The van der Waals surface area contributed by atoms with Gasteiger partial charge < -0.3 is 9.64 Å². The molecular formula is C13H20NO. The van der Waals surface area contributed by atoms with Crippen LogP contribution in [-0.4, -0.2) is 32.1 Å². The van der Waals surface area contributed by atoms with E-state index in [0.29, 0.717) is 0 Å². The van der Waals surface area contributed by atoms with Gasteiger partial charge in [0.15, 0.2) is 0 Å². The molecule has 0 saturated heterocycles. The maximum absolute atomic E-state index is 5.59. The van der Waals surface area contributed by atoms with Gasteiger partial charge in [-0.1, -0.05) is 19.1 Å². The van der Waals surface area contributed by atoms with E-state index in [1.54, 1.807) is 0 Å². The van der Waals surface area contributed by atoms with E-state index in [2.05, 4.69) is 24.0 Å². The van der Waals surface area contributed by atoms with E-state index in [1.165, 1.54) is 5.56 Å². The number of likely N-dealkylation sites (N-methyl/N-ethyl adjacent to an activating group) is 1. The van der Waals surface area contributed by atoms with E-state index in [0.717, 1.165) is 31.7 Å². The van der Waals surface area contributed by atoms with Gasteiger partial charge in [-0.25, -0.2) is 0 Å². The van der Waals surface area contributed by atoms with Crippen LogP contribution in [0.15, 0.2) is 24.3 Å². The molecule has 15 heavy (non-hydrogen) atoms. The van der Waals surface area contributed by atoms with E-state index in [4.69, 9.17) is 4.74 Å². The highest BCUT2D eigenvalue weighted by molar-refractivity contribution is 5.27. The van der Waals surface area contributed by atoms with E-state index in [-0.39, 0.29) is 0 Å². The number of rotatable bonds is 6. The van der Waals surface area contributed by atoms with E-state index < -0.39 is 0 Å². The quantitative estimate of drug-likeness (QED) is 0.708. The molecule has 0 aliphatic rings. The van der Waals surface area contributed by atoms with Gasteiger partial charge in [0.25, 0.3) is 0 Å². The van der Waals surface area contributed by atoms with Crippen molar-refractivity contribution in [3.05, 3.63) is 36.8 Å². The van der Waals surface area contributed by atoms with Gasteiger partial charge in [-0.3, -0.25) is 0 Å². The zero-order valence-electron chi connectivity index (χ0n) is 9.70. The van der Waals surface area contributed by atoms with Crippen molar-refractivity contribution in [2.75, 3.05) is 27.2 Å². The van der Waals surface area contributed by atoms with Gasteiger partial charge in [-0.2, -0.15) is 0 Å². The zero-order chi connectivity index (χ0) is 11.1. The van der Waals surface area contributed by atoms with Crippen LogP contribution in [0.2, 0.25) is 0 Å². The third kappa shape index (κ3) is 4.84. The Balaban J connectivity index is 2.36. The Morgan fingerprint density at radius 3 is 2.40 bits per heavy atom. The number of benzene rings is 1. The van der Waals surface area contributed by atoms with Gasteiger partial charge in [0.1, 0.15) is 12.4 Å². The number of hydrogen-bond acceptors (Lipinski definition) is 2. The van der Waals surface area contributed by atoms with Crippen molar-refractivity contribution in [3.63, 3.8) is 0 Å². The summed E-state index contributed by atoms with van der Waals surface area (Å²) < 4.78 is 5.59. The highest BCUT2D eigenvalue weighted by Gasteiger charge is 1.95. The fourth-order valence-electron chi connectivity index (χ4n) is 1.30. The standard InChI is InChI=1S/C13H20NO/c1-4-5-12-6-8-13(9-7-12)15-11-10-14(2)3/h6-9H,1,4-5,10-11H2,2-3H3. The van der Waals surface area contributed by atoms with Crippen LogP contribution >= 0.6 is 0 Å². The Morgan fingerprint density at radius 1 is 1.20 bits per heavy atom. The van der Waals surface area contributed by atoms with Crippen LogP contribution in [0.25, 0.3) is 0 Å². The lowest BCUT2D eigenvalue weighted by Crippen LogP contribution is -2.19. The van der Waals surface area contributed by atoms with Crippen molar-refractivity contribution < 1.29 is 4.74 Å². The molecule has 1 radical (unpaired) electrons. The molecule has 0 aliphatic carbocycles. The van der Waals surface area contributed by atoms with E-state index in [9.17, 15) is 0 Å². The first-order valence-electron chi connectivity index (χ1n) is 5.38. The summed E-state index contributed by atoms with van der Waals surface area (Å²) in [7, 11) is 4.08. The second-order valence-electron chi connectivity index (χ2n) is 3.90. The summed E-state index contributed by atoms with van der Waals surface area (Å²) in [5.74, 6) is 0.949. The maximum atomic E-state index is 5.59. The van der Waals surface area contributed by atoms with Crippen LogP contribution in [0.4, 0.5) is 0 Å². The fraction of sp³-hybridized carbons (Fsp3) is 0.462. The van der Waals surface area contributed by atoms with Crippen molar-refractivity contribution >= 4 is 0 Å². The third-order valence-electron chi connectivity index (χ3n) is 2.20. The predicted molar refractivity (Wildman–Crippen MR) is 64.2 cm³/mol. The first-order chi connectivity index (χ1) is 7.22. The Kier molecular flexibility index (Phi) is 5.19. The molecule has 1 aromatic rings. The average Bonchev–Trinajstić information content (AvgIpc) is 2.20. The molecule has 0 heterocycles. The molecular weight excluding hydrogens is 186 g/mol. The monoisotopic (exact) mass is 206 g/mol. The summed E-state index contributed by atoms with van der Waals surface area (Å²) in [6, 6.07) is 8.27. The van der Waals surface area contributed by atoms with Crippen molar-refractivity contribution in [1.82, 2.24) is 4.90 Å². The van der Waals surface area contributed by atoms with Gasteiger partial charge in [0.2, 0.25) is 0 Å². The Labute approximate surface area is 92.9 Å². The Morgan fingerprint density at radius 2 is 1.87 bits per heavy atom. The van der Waals surface area contributed by atoms with Gasteiger partial charge in [-0.05, 0) is 44.6 Å². The summed E-state index contributed by atoms with van der Waals surface area (Å²) in [5.41, 5.74) is 1.32. The molecule has 1 aromatic carbocycles. The zero-order valence-corrected chi connectivity index (χ0v) is 9.70. The maximum Gasteiger partial charge on any atom is 0.119 e. The lowest BCUT2D eigenvalue weighted by molar-refractivity contribution is 0.261. The van der Waals surface area contributed by atoms with Crippen LogP contribution in [-0.2, 0) is 6.42 Å². The molecule has 2 nitrogen and oxygen atoms in total. The molecule has 0 aromatic heterocycles. The van der Waals surface area contributed by atoms with E-state index >= 15 is 0 Å². The summed E-state index contributed by atoms with van der Waals surface area (Å²) in [6.07, 6.45) is 1.98. The normalized spacial score (nSPS) is 10.7. The largest absolute Gasteiger partial charge is 0.492 e. The molecule has 0 saturated carbocycles. The lowest BCUT2D eigenvalue weighted by Gasteiger charge is -2.11. The van der Waals surface area contributed by atoms with Crippen molar-refractivity contribution in [3.8, 4) is 5.75 Å². The molecule has 0 unspecified atom stereocenters. The van der Waals surface area contributed by atoms with E-state index in [1.807, 2.05) is 26.2 Å². The highest BCUT2D eigenvalue weighted by atomic mass is 16.5. The first-order valence-corrected chi connectivity index (χ1v) is 5.38. The molecule has 0 amide bonds. The van der Waals surface area contributed by atoms with Crippen molar-refractivity contribution in [2.24, 2.45) is 0 Å². The molecule has 0 spiro atoms. The van der Waals surface area contributed by atoms with Crippen LogP contribution in [0, 0.1) is 6.92 Å². The Bertz CT molecular complexity index is 266. The topological polar surface area (TPSA) is 12.5 Å². The van der Waals surface area contributed by atoms with Crippen molar-refractivity contribution in [2.45, 2.75) is 12.8 Å². The highest BCUT2D eigenvalue weighted by Crippen LogP contribution is 2.13. The third-order valence-corrected chi connectivity index (χ3v) is 2.20. The fourth-order valence-corrected chi connectivity index (χ4v) is 1.30. The molecule has 0 aliphatic heterocycles. The molecule has 0 atom stereocenters. The second kappa shape index (κ2) is 6.46. The number of nitrogens with zero attached hydrogens (tertiary/aromatic N) is 1. The summed E-state index contributed by atoms with van der Waals surface area (Å²) in [4.78, 5) is 2.11. The molecule has 1 rings (SSSR count). The smallest absolute Gasteiger partial charge is 0.119 e. The van der Waals surface area contributed by atoms with Gasteiger partial charge >= 0.3 is 0 Å². The van der Waals surface area contributed by atoms with Crippen molar-refractivity contribution in [1.29, 1.82) is 0 Å². The average molecular weight is 206 g/mol. The number of hydrogen-bond donors (Lipinski definition) is 0. The SMILES string of the molecule is [CH2]CCc1ccc(OCCN(C)C)cc1. The second-order valence-corrected chi connectivity index (χ2v) is 3.90. The van der Waals surface area contributed by atoms with Gasteiger partial charge in [-0.15, -0.1) is 0 Å². The molecule has 83 valence electrons. The van der Waals surface area contributed by atoms with Crippen LogP contribution < -0.4 is 4.74 Å². The lowest BCUT2D eigenvalue weighted by atomic mass is 10.1. The number of aryl methyl sites for hydroxylation is 1. The van der Waals surface area contributed by atoms with Crippen LogP contribution in [0.5, 0.6) is 5.75 Å². The predicted octanol–water partition coefficient (Wildman–Crippen LogP) is 2.39. The first kappa shape index (κ1) is 12.1. The minimum absolute atomic E-state index is 0.738.